The normalized spacial score (nSPS) is 26.7. The van der Waals surface area contributed by atoms with Crippen molar-refractivity contribution in [2.24, 2.45) is 11.8 Å². The van der Waals surface area contributed by atoms with E-state index in [1.54, 1.807) is 4.90 Å². The number of hydrogen-bond acceptors (Lipinski definition) is 3. The van der Waals surface area contributed by atoms with Crippen molar-refractivity contribution in [1.82, 2.24) is 20.3 Å². The summed E-state index contributed by atoms with van der Waals surface area (Å²) in [7, 11) is 2.20. The van der Waals surface area contributed by atoms with Crippen LogP contribution in [0, 0.1) is 11.8 Å². The van der Waals surface area contributed by atoms with Crippen LogP contribution in [0.5, 0.6) is 0 Å². The topological polar surface area (TPSA) is 68.7 Å². The van der Waals surface area contributed by atoms with E-state index < -0.39 is 0 Å². The maximum Gasteiger partial charge on any atom is 0.229 e. The van der Waals surface area contributed by atoms with E-state index in [-0.39, 0.29) is 17.9 Å². The van der Waals surface area contributed by atoms with Gasteiger partial charge in [-0.2, -0.15) is 0 Å². The van der Waals surface area contributed by atoms with Gasteiger partial charge in [0.2, 0.25) is 5.91 Å². The summed E-state index contributed by atoms with van der Waals surface area (Å²) in [4.78, 5) is 15.5. The fraction of sp³-hybridized carbons (Fsp3) is 0.609. The Morgan fingerprint density at radius 2 is 2.10 bits per heavy atom. The Labute approximate surface area is 179 Å². The van der Waals surface area contributed by atoms with Gasteiger partial charge in [0.25, 0.3) is 0 Å². The minimum Gasteiger partial charge on any atom is -0.353 e. The van der Waals surface area contributed by atoms with Crippen LogP contribution < -0.4 is 15.1 Å². The smallest absolute Gasteiger partial charge is 0.229 e. The number of piperidine rings is 3. The zero-order valence-corrected chi connectivity index (χ0v) is 18.5. The number of quaternary nitrogens is 2. The van der Waals surface area contributed by atoms with Crippen LogP contribution in [-0.2, 0) is 24.4 Å². The van der Waals surface area contributed by atoms with E-state index in [1.165, 1.54) is 17.0 Å². The summed E-state index contributed by atoms with van der Waals surface area (Å²) in [5.41, 5.74) is 2.39. The van der Waals surface area contributed by atoms with Crippen LogP contribution in [-0.4, -0.2) is 53.1 Å². The largest absolute Gasteiger partial charge is 0.353 e. The Kier molecular flexibility index (Phi) is 6.49. The van der Waals surface area contributed by atoms with E-state index in [1.807, 2.05) is 18.5 Å². The molecule has 1 aromatic carbocycles. The number of carbonyl (C=O) groups is 1. The van der Waals surface area contributed by atoms with Gasteiger partial charge < -0.3 is 15.1 Å². The van der Waals surface area contributed by atoms with Crippen LogP contribution in [0.3, 0.4) is 0 Å². The lowest BCUT2D eigenvalue weighted by molar-refractivity contribution is -0.945. The minimum atomic E-state index is 0.175. The maximum absolute atomic E-state index is 12.5. The molecule has 30 heavy (non-hydrogen) atoms. The van der Waals surface area contributed by atoms with Crippen molar-refractivity contribution in [2.45, 2.75) is 58.4 Å². The Morgan fingerprint density at radius 1 is 1.30 bits per heavy atom. The van der Waals surface area contributed by atoms with Crippen molar-refractivity contribution in [3.05, 3.63) is 47.8 Å². The average Bonchev–Trinajstić information content (AvgIpc) is 3.15. The molecule has 3 aliphatic heterocycles. The molecule has 3 N–H and O–H groups in total. The molecule has 3 aliphatic rings. The summed E-state index contributed by atoms with van der Waals surface area (Å²) in [6.45, 7) is 8.96. The fourth-order valence-electron chi connectivity index (χ4n) is 5.26. The van der Waals surface area contributed by atoms with Gasteiger partial charge in [0.15, 0.2) is 0 Å². The number of hydrogen-bond donors (Lipinski definition) is 3. The van der Waals surface area contributed by atoms with Gasteiger partial charge in [0, 0.05) is 24.4 Å². The van der Waals surface area contributed by atoms with Gasteiger partial charge in [0.1, 0.15) is 24.8 Å². The second-order valence-corrected chi connectivity index (χ2v) is 9.59. The van der Waals surface area contributed by atoms with E-state index in [4.69, 9.17) is 0 Å². The number of rotatable bonds is 8. The number of amides is 1. The molecule has 2 bridgehead atoms. The number of fused-ring (bicyclic) bond motifs is 3. The molecule has 0 saturated carbocycles. The van der Waals surface area contributed by atoms with E-state index in [2.05, 4.69) is 59.2 Å². The van der Waals surface area contributed by atoms with Gasteiger partial charge in [-0.05, 0) is 19.8 Å². The number of aromatic nitrogens is 3. The average molecular weight is 413 g/mol. The van der Waals surface area contributed by atoms with Gasteiger partial charge in [-0.3, -0.25) is 4.79 Å². The molecule has 2 aromatic rings. The first-order valence-corrected chi connectivity index (χ1v) is 11.4. The van der Waals surface area contributed by atoms with Crippen LogP contribution in [0.15, 0.2) is 36.5 Å². The summed E-state index contributed by atoms with van der Waals surface area (Å²) in [6.07, 6.45) is 4.39. The summed E-state index contributed by atoms with van der Waals surface area (Å²) in [5, 5.41) is 11.9. The third kappa shape index (κ3) is 5.08. The molecular formula is C23H36N6O+2. The fourth-order valence-corrected chi connectivity index (χ4v) is 5.26. The Hall–Kier alpha value is -2.25. The first-order chi connectivity index (χ1) is 14.5. The zero-order chi connectivity index (χ0) is 21.1. The molecule has 0 radical (unpaired) electrons. The molecule has 5 atom stereocenters. The Morgan fingerprint density at radius 3 is 2.80 bits per heavy atom. The second kappa shape index (κ2) is 9.27. The van der Waals surface area contributed by atoms with Crippen LogP contribution in [0.2, 0.25) is 0 Å². The number of nitrogens with one attached hydrogen (secondary N) is 3. The molecule has 4 heterocycles. The van der Waals surface area contributed by atoms with Crippen molar-refractivity contribution in [3.63, 3.8) is 0 Å². The first kappa shape index (κ1) is 21.0. The van der Waals surface area contributed by atoms with Crippen LogP contribution in [0.1, 0.15) is 37.9 Å². The van der Waals surface area contributed by atoms with Crippen molar-refractivity contribution >= 4 is 5.91 Å². The van der Waals surface area contributed by atoms with Crippen LogP contribution in [0.25, 0.3) is 0 Å². The quantitative estimate of drug-likeness (QED) is 0.538. The first-order valence-electron chi connectivity index (χ1n) is 11.4. The molecule has 7 nitrogen and oxygen atoms in total. The highest BCUT2D eigenvalue weighted by molar-refractivity contribution is 5.79. The highest BCUT2D eigenvalue weighted by Gasteiger charge is 2.46. The third-order valence-corrected chi connectivity index (χ3v) is 6.64. The molecule has 162 valence electrons. The maximum atomic E-state index is 12.5. The molecule has 1 aromatic heterocycles. The van der Waals surface area contributed by atoms with Gasteiger partial charge in [-0.25, -0.2) is 4.68 Å². The molecule has 7 heteroatoms. The van der Waals surface area contributed by atoms with Gasteiger partial charge in [-0.1, -0.05) is 35.5 Å². The van der Waals surface area contributed by atoms with E-state index in [0.29, 0.717) is 12.0 Å². The van der Waals surface area contributed by atoms with Crippen molar-refractivity contribution in [1.29, 1.82) is 0 Å². The predicted octanol–water partition coefficient (Wildman–Crippen LogP) is -0.689. The summed E-state index contributed by atoms with van der Waals surface area (Å²) >= 11 is 0. The predicted molar refractivity (Wildman–Crippen MR) is 115 cm³/mol. The van der Waals surface area contributed by atoms with Crippen LogP contribution >= 0.6 is 0 Å². The van der Waals surface area contributed by atoms with Crippen molar-refractivity contribution in [2.75, 3.05) is 20.1 Å². The standard InChI is InChI=1S/C23H34N6O/c1-17(2)24-23(30)22-16-28-10-9-19(22)11-21(28)15-29-14-20(25-26-29)13-27(3)12-18-7-5-4-6-8-18/h4-8,14,17,19,21-22H,9-13,15-16H2,1-3H3,(H,24,30)/p+2/t19-,21-,22+/m1/s1. The van der Waals surface area contributed by atoms with E-state index in [9.17, 15) is 4.79 Å². The van der Waals surface area contributed by atoms with Gasteiger partial charge >= 0.3 is 0 Å². The molecule has 3 fully saturated rings. The molecule has 0 spiro atoms. The van der Waals surface area contributed by atoms with Crippen molar-refractivity contribution < 1.29 is 14.6 Å². The summed E-state index contributed by atoms with van der Waals surface area (Å²) in [6, 6.07) is 11.3. The van der Waals surface area contributed by atoms with Crippen molar-refractivity contribution in [3.8, 4) is 0 Å². The van der Waals surface area contributed by atoms with Gasteiger partial charge in [-0.15, -0.1) is 5.10 Å². The number of benzene rings is 1. The Bertz CT molecular complexity index is 835. The summed E-state index contributed by atoms with van der Waals surface area (Å²) < 4.78 is 2.02. The summed E-state index contributed by atoms with van der Waals surface area (Å²) in [5.74, 6) is 0.933. The molecule has 3 saturated heterocycles. The third-order valence-electron chi connectivity index (χ3n) is 6.64. The number of carbonyl (C=O) groups excluding carboxylic acids is 1. The molecule has 0 aliphatic carbocycles. The molecule has 2 unspecified atom stereocenters. The lowest BCUT2D eigenvalue weighted by Gasteiger charge is -2.46. The highest BCUT2D eigenvalue weighted by Crippen LogP contribution is 2.27. The van der Waals surface area contributed by atoms with E-state index in [0.717, 1.165) is 44.7 Å². The number of nitrogens with zero attached hydrogens (tertiary/aromatic N) is 3. The molecule has 1 amide bonds. The Balaban J connectivity index is 1.30. The van der Waals surface area contributed by atoms with Crippen LogP contribution in [0.4, 0.5) is 0 Å². The minimum absolute atomic E-state index is 0.175. The second-order valence-electron chi connectivity index (χ2n) is 9.59. The van der Waals surface area contributed by atoms with E-state index >= 15 is 0 Å². The SMILES string of the molecule is CC(C)NC(=O)[C@H]1C[NH+]2CC[C@@H]1C[C@@H]2Cn1cc(C[NH+](C)Cc2ccccc2)nn1. The van der Waals surface area contributed by atoms with Gasteiger partial charge in [0.05, 0.1) is 38.8 Å². The monoisotopic (exact) mass is 412 g/mol. The lowest BCUT2D eigenvalue weighted by Crippen LogP contribution is -3.20. The molecular weight excluding hydrogens is 376 g/mol. The molecule has 5 rings (SSSR count). The highest BCUT2D eigenvalue weighted by atomic mass is 16.2. The zero-order valence-electron chi connectivity index (χ0n) is 18.5. The lowest BCUT2D eigenvalue weighted by atomic mass is 9.75.